The molecular weight excluding hydrogens is 202 g/mol. The molecule has 2 rings (SSSR count). The molecule has 0 spiro atoms. The van der Waals surface area contributed by atoms with Crippen LogP contribution in [0.1, 0.15) is 11.1 Å². The monoisotopic (exact) mass is 209 g/mol. The Morgan fingerprint density at radius 3 is 2.86 bits per heavy atom. The zero-order valence-corrected chi connectivity index (χ0v) is 7.94. The van der Waals surface area contributed by atoms with Crippen LogP contribution in [0.2, 0.25) is 0 Å². The van der Waals surface area contributed by atoms with Crippen molar-refractivity contribution in [1.29, 1.82) is 0 Å². The minimum atomic E-state index is -1.07. The van der Waals surface area contributed by atoms with Gasteiger partial charge in [-0.05, 0) is 12.1 Å². The van der Waals surface area contributed by atoms with Gasteiger partial charge in [-0.2, -0.15) is 12.6 Å². The van der Waals surface area contributed by atoms with E-state index in [9.17, 15) is 4.79 Å². The van der Waals surface area contributed by atoms with Gasteiger partial charge in [-0.25, -0.2) is 4.98 Å². The lowest BCUT2D eigenvalue weighted by molar-refractivity contribution is -0.136. The number of para-hydroxylation sites is 2. The first-order valence-electron chi connectivity index (χ1n) is 3.95. The minimum absolute atomic E-state index is 0.113. The van der Waals surface area contributed by atoms with Crippen LogP contribution >= 0.6 is 12.6 Å². The summed E-state index contributed by atoms with van der Waals surface area (Å²) in [7, 11) is 0. The molecule has 0 amide bonds. The van der Waals surface area contributed by atoms with Crippen LogP contribution in [0.3, 0.4) is 0 Å². The highest BCUT2D eigenvalue weighted by atomic mass is 32.1. The summed E-state index contributed by atoms with van der Waals surface area (Å²) in [6.07, 6.45) is 0. The predicted octanol–water partition coefficient (Wildman–Crippen LogP) is 1.88. The van der Waals surface area contributed by atoms with Gasteiger partial charge in [0.2, 0.25) is 5.89 Å². The molecule has 0 aliphatic rings. The van der Waals surface area contributed by atoms with Gasteiger partial charge in [0.1, 0.15) is 5.52 Å². The summed E-state index contributed by atoms with van der Waals surface area (Å²) in [5, 5.41) is 7.67. The number of carboxylic acid groups (broad SMARTS) is 1. The van der Waals surface area contributed by atoms with E-state index in [-0.39, 0.29) is 5.89 Å². The first-order chi connectivity index (χ1) is 6.68. The quantitative estimate of drug-likeness (QED) is 0.741. The predicted molar refractivity (Wildman–Crippen MR) is 53.4 cm³/mol. The highest BCUT2D eigenvalue weighted by molar-refractivity contribution is 7.81. The maximum absolute atomic E-state index is 10.6. The van der Waals surface area contributed by atoms with Gasteiger partial charge in [0.25, 0.3) is 0 Å². The number of benzene rings is 1. The lowest BCUT2D eigenvalue weighted by Crippen LogP contribution is -2.04. The molecule has 72 valence electrons. The third kappa shape index (κ3) is 1.46. The molecule has 1 unspecified atom stereocenters. The molecule has 1 aromatic carbocycles. The molecule has 2 aromatic rings. The van der Waals surface area contributed by atoms with E-state index in [0.29, 0.717) is 11.1 Å². The second-order valence-corrected chi connectivity index (χ2v) is 3.28. The fourth-order valence-corrected chi connectivity index (χ4v) is 1.22. The van der Waals surface area contributed by atoms with Gasteiger partial charge >= 0.3 is 5.97 Å². The molecule has 0 saturated carbocycles. The van der Waals surface area contributed by atoms with Crippen molar-refractivity contribution in [3.63, 3.8) is 0 Å². The Morgan fingerprint density at radius 1 is 1.50 bits per heavy atom. The fourth-order valence-electron chi connectivity index (χ4n) is 1.11. The Morgan fingerprint density at radius 2 is 2.21 bits per heavy atom. The first kappa shape index (κ1) is 9.08. The number of thiol groups is 1. The van der Waals surface area contributed by atoms with E-state index < -0.39 is 11.2 Å². The summed E-state index contributed by atoms with van der Waals surface area (Å²) in [6.45, 7) is 0. The number of fused-ring (bicyclic) bond motifs is 1. The van der Waals surface area contributed by atoms with Crippen LogP contribution in [0.4, 0.5) is 0 Å². The smallest absolute Gasteiger partial charge is 0.325 e. The molecular formula is C9H7NO3S. The van der Waals surface area contributed by atoms with E-state index in [1.54, 1.807) is 18.2 Å². The van der Waals surface area contributed by atoms with E-state index in [1.165, 1.54) is 0 Å². The van der Waals surface area contributed by atoms with Crippen molar-refractivity contribution in [2.24, 2.45) is 0 Å². The van der Waals surface area contributed by atoms with Crippen LogP contribution in [0.5, 0.6) is 0 Å². The summed E-state index contributed by atoms with van der Waals surface area (Å²) in [6, 6.07) is 7.09. The fraction of sp³-hybridized carbons (Fsp3) is 0.111. The molecule has 5 heteroatoms. The zero-order chi connectivity index (χ0) is 10.1. The maximum Gasteiger partial charge on any atom is 0.325 e. The Kier molecular flexibility index (Phi) is 2.17. The van der Waals surface area contributed by atoms with E-state index >= 15 is 0 Å². The molecule has 0 fully saturated rings. The molecule has 0 aliphatic heterocycles. The number of carboxylic acids is 1. The molecule has 1 atom stereocenters. The van der Waals surface area contributed by atoms with Gasteiger partial charge in [-0.15, -0.1) is 0 Å². The first-order valence-corrected chi connectivity index (χ1v) is 4.46. The molecule has 1 heterocycles. The van der Waals surface area contributed by atoms with Crippen LogP contribution in [0.15, 0.2) is 28.7 Å². The van der Waals surface area contributed by atoms with Crippen molar-refractivity contribution < 1.29 is 14.3 Å². The molecule has 0 bridgehead atoms. The number of rotatable bonds is 2. The summed E-state index contributed by atoms with van der Waals surface area (Å²) in [5.41, 5.74) is 1.21. The summed E-state index contributed by atoms with van der Waals surface area (Å²) in [5.74, 6) is -0.957. The Labute approximate surface area is 85.0 Å². The lowest BCUT2D eigenvalue weighted by atomic mass is 10.3. The third-order valence-corrected chi connectivity index (χ3v) is 2.22. The van der Waals surface area contributed by atoms with Crippen molar-refractivity contribution in [3.05, 3.63) is 30.2 Å². The van der Waals surface area contributed by atoms with Gasteiger partial charge in [-0.3, -0.25) is 4.79 Å². The van der Waals surface area contributed by atoms with Gasteiger partial charge in [-0.1, -0.05) is 12.1 Å². The SMILES string of the molecule is O=C(O)C(S)c1nc2ccccc2o1. The van der Waals surface area contributed by atoms with E-state index in [1.807, 2.05) is 6.07 Å². The van der Waals surface area contributed by atoms with Gasteiger partial charge in [0.05, 0.1) is 0 Å². The number of nitrogens with zero attached hydrogens (tertiary/aromatic N) is 1. The van der Waals surface area contributed by atoms with Gasteiger partial charge in [0, 0.05) is 0 Å². The van der Waals surface area contributed by atoms with Crippen molar-refractivity contribution in [1.82, 2.24) is 4.98 Å². The molecule has 1 aromatic heterocycles. The largest absolute Gasteiger partial charge is 0.480 e. The lowest BCUT2D eigenvalue weighted by Gasteiger charge is -1.96. The third-order valence-electron chi connectivity index (χ3n) is 1.78. The molecule has 0 aliphatic carbocycles. The standard InChI is InChI=1S/C9H7NO3S/c11-9(12)7(14)8-10-5-3-1-2-4-6(5)13-8/h1-4,7,14H,(H,11,12). The van der Waals surface area contributed by atoms with Crippen LogP contribution in [-0.4, -0.2) is 16.1 Å². The second kappa shape index (κ2) is 3.34. The van der Waals surface area contributed by atoms with Gasteiger partial charge in [0.15, 0.2) is 10.8 Å². The van der Waals surface area contributed by atoms with Crippen molar-refractivity contribution in [3.8, 4) is 0 Å². The van der Waals surface area contributed by atoms with Crippen LogP contribution in [0.25, 0.3) is 11.1 Å². The molecule has 1 N–H and O–H groups in total. The number of carbonyl (C=O) groups is 1. The molecule has 0 radical (unpaired) electrons. The van der Waals surface area contributed by atoms with E-state index in [0.717, 1.165) is 0 Å². The number of hydrogen-bond donors (Lipinski definition) is 2. The van der Waals surface area contributed by atoms with E-state index in [4.69, 9.17) is 9.52 Å². The van der Waals surface area contributed by atoms with Crippen LogP contribution in [0, 0.1) is 0 Å². The summed E-state index contributed by atoms with van der Waals surface area (Å²) < 4.78 is 5.22. The molecule has 14 heavy (non-hydrogen) atoms. The van der Waals surface area contributed by atoms with Crippen molar-refractivity contribution in [2.75, 3.05) is 0 Å². The number of hydrogen-bond acceptors (Lipinski definition) is 4. The Hall–Kier alpha value is -1.49. The second-order valence-electron chi connectivity index (χ2n) is 2.76. The number of aliphatic carboxylic acids is 1. The average Bonchev–Trinajstić information content (AvgIpc) is 2.59. The normalized spacial score (nSPS) is 12.9. The topological polar surface area (TPSA) is 63.3 Å². The minimum Gasteiger partial charge on any atom is -0.480 e. The number of aromatic nitrogens is 1. The van der Waals surface area contributed by atoms with Crippen molar-refractivity contribution >= 4 is 29.7 Å². The summed E-state index contributed by atoms with van der Waals surface area (Å²) >= 11 is 3.87. The zero-order valence-electron chi connectivity index (χ0n) is 7.04. The number of oxazole rings is 1. The van der Waals surface area contributed by atoms with Crippen LogP contribution in [-0.2, 0) is 4.79 Å². The maximum atomic E-state index is 10.6. The van der Waals surface area contributed by atoms with Crippen LogP contribution < -0.4 is 0 Å². The molecule has 0 saturated heterocycles. The summed E-state index contributed by atoms with van der Waals surface area (Å²) in [4.78, 5) is 14.6. The molecule has 4 nitrogen and oxygen atoms in total. The average molecular weight is 209 g/mol. The van der Waals surface area contributed by atoms with E-state index in [2.05, 4.69) is 17.6 Å². The Bertz CT molecular complexity index is 447. The van der Waals surface area contributed by atoms with Crippen molar-refractivity contribution in [2.45, 2.75) is 5.25 Å². The van der Waals surface area contributed by atoms with Gasteiger partial charge < -0.3 is 9.52 Å². The highest BCUT2D eigenvalue weighted by Gasteiger charge is 2.20. The highest BCUT2D eigenvalue weighted by Crippen LogP contribution is 2.23. The Balaban J connectivity index is 2.50.